The molecule has 2 aromatic rings. The van der Waals surface area contributed by atoms with Gasteiger partial charge in [0.25, 0.3) is 5.91 Å². The topological polar surface area (TPSA) is 72.1 Å². The van der Waals surface area contributed by atoms with Gasteiger partial charge in [0.05, 0.1) is 19.1 Å². The van der Waals surface area contributed by atoms with Gasteiger partial charge >= 0.3 is 0 Å². The minimum Gasteiger partial charge on any atom is -0.502 e. The van der Waals surface area contributed by atoms with Gasteiger partial charge in [0.1, 0.15) is 16.2 Å². The molecule has 180 valence electrons. The minimum absolute atomic E-state index is 0.0553. The Morgan fingerprint density at radius 1 is 1.06 bits per heavy atom. The normalized spacial score (nSPS) is 33.2. The van der Waals surface area contributed by atoms with Crippen LogP contribution in [0.25, 0.3) is 17.4 Å². The van der Waals surface area contributed by atoms with Crippen molar-refractivity contribution >= 4 is 36.4 Å². The monoisotopic (exact) mass is 499 g/mol. The summed E-state index contributed by atoms with van der Waals surface area (Å²) in [4.78, 5) is 16.2. The number of thiol groups is 1. The molecule has 5 fully saturated rings. The standard InChI is InChI=1S/C26H29NO5S2/c1-30-20-10-15(11-21(31-2)24(20)28)19-4-3-18(32-19)12-22-25(29)27(26(33)34-22)23-16-6-13-5-14(8-16)9-17(23)7-13/h3-4,10-14,16-17,23,26,28,33H,5-9H2,1-2H3. The van der Waals surface area contributed by atoms with E-state index in [1.807, 2.05) is 18.2 Å². The van der Waals surface area contributed by atoms with Crippen LogP contribution in [-0.4, -0.2) is 40.9 Å². The molecule has 1 unspecified atom stereocenters. The molecular weight excluding hydrogens is 470 g/mol. The second-order valence-electron chi connectivity index (χ2n) is 10.0. The quantitative estimate of drug-likeness (QED) is 0.411. The lowest BCUT2D eigenvalue weighted by Gasteiger charge is -2.56. The molecule has 4 saturated carbocycles. The molecule has 1 N–H and O–H groups in total. The van der Waals surface area contributed by atoms with Gasteiger partial charge in [0.2, 0.25) is 5.75 Å². The number of rotatable bonds is 5. The highest BCUT2D eigenvalue weighted by Crippen LogP contribution is 2.57. The van der Waals surface area contributed by atoms with Gasteiger partial charge in [-0.15, -0.1) is 12.6 Å². The first-order valence-electron chi connectivity index (χ1n) is 11.9. The predicted octanol–water partition coefficient (Wildman–Crippen LogP) is 5.62. The number of ether oxygens (including phenoxy) is 2. The van der Waals surface area contributed by atoms with Crippen LogP contribution >= 0.6 is 24.4 Å². The molecule has 5 aliphatic rings. The first kappa shape index (κ1) is 22.3. The lowest BCUT2D eigenvalue weighted by molar-refractivity contribution is -0.136. The molecule has 8 heteroatoms. The Hall–Kier alpha value is -2.19. The number of phenolic OH excluding ortho intramolecular Hbond substituents is 1. The maximum Gasteiger partial charge on any atom is 0.262 e. The molecule has 6 nitrogen and oxygen atoms in total. The summed E-state index contributed by atoms with van der Waals surface area (Å²) in [6.07, 6.45) is 8.31. The molecule has 1 aromatic heterocycles. The maximum absolute atomic E-state index is 13.5. The van der Waals surface area contributed by atoms with E-state index >= 15 is 0 Å². The molecule has 0 radical (unpaired) electrons. The number of thioether (sulfide) groups is 1. The van der Waals surface area contributed by atoms with Gasteiger partial charge in [-0.25, -0.2) is 0 Å². The summed E-state index contributed by atoms with van der Waals surface area (Å²) in [6.45, 7) is 0. The van der Waals surface area contributed by atoms with Crippen LogP contribution in [-0.2, 0) is 4.79 Å². The average Bonchev–Trinajstić information content (AvgIpc) is 3.38. The molecule has 1 atom stereocenters. The Bertz CT molecular complexity index is 1100. The van der Waals surface area contributed by atoms with Crippen LogP contribution in [0, 0.1) is 23.7 Å². The summed E-state index contributed by atoms with van der Waals surface area (Å²) in [5.41, 5.74) is 0.712. The van der Waals surface area contributed by atoms with Crippen molar-refractivity contribution in [2.24, 2.45) is 23.7 Å². The van der Waals surface area contributed by atoms with Crippen molar-refractivity contribution in [2.45, 2.75) is 42.9 Å². The number of nitrogens with zero attached hydrogens (tertiary/aromatic N) is 1. The molecule has 0 spiro atoms. The second-order valence-corrected chi connectivity index (χ2v) is 12.0. The fourth-order valence-electron chi connectivity index (χ4n) is 6.93. The smallest absolute Gasteiger partial charge is 0.262 e. The van der Waals surface area contributed by atoms with Crippen LogP contribution < -0.4 is 9.47 Å². The second kappa shape index (κ2) is 8.48. The molecular formula is C26H29NO5S2. The van der Waals surface area contributed by atoms with Gasteiger partial charge in [0, 0.05) is 17.7 Å². The fraction of sp³-hybridized carbons (Fsp3) is 0.500. The van der Waals surface area contributed by atoms with Crippen molar-refractivity contribution in [3.63, 3.8) is 0 Å². The number of carbonyl (C=O) groups is 1. The van der Waals surface area contributed by atoms with Crippen LogP contribution in [0.15, 0.2) is 33.6 Å². The number of phenols is 1. The third-order valence-corrected chi connectivity index (χ3v) is 9.63. The molecule has 4 bridgehead atoms. The van der Waals surface area contributed by atoms with E-state index in [1.165, 1.54) is 58.1 Å². The number of benzene rings is 1. The minimum atomic E-state index is -0.152. The maximum atomic E-state index is 13.5. The van der Waals surface area contributed by atoms with Crippen LogP contribution in [0.3, 0.4) is 0 Å². The highest BCUT2D eigenvalue weighted by atomic mass is 32.2. The third kappa shape index (κ3) is 3.61. The number of furan rings is 1. The summed E-state index contributed by atoms with van der Waals surface area (Å²) in [5, 5.41) is 10.2. The highest BCUT2D eigenvalue weighted by Gasteiger charge is 2.53. The average molecular weight is 500 g/mol. The van der Waals surface area contributed by atoms with E-state index in [0.29, 0.717) is 51.4 Å². The Morgan fingerprint density at radius 3 is 2.26 bits per heavy atom. The molecule has 34 heavy (non-hydrogen) atoms. The Kier molecular flexibility index (Phi) is 5.56. The van der Waals surface area contributed by atoms with Gasteiger partial charge in [-0.2, -0.15) is 0 Å². The van der Waals surface area contributed by atoms with Gasteiger partial charge in [-0.1, -0.05) is 11.8 Å². The van der Waals surface area contributed by atoms with Crippen LogP contribution in [0.2, 0.25) is 0 Å². The Balaban J connectivity index is 1.25. The largest absolute Gasteiger partial charge is 0.502 e. The summed E-state index contributed by atoms with van der Waals surface area (Å²) in [6, 6.07) is 7.41. The van der Waals surface area contributed by atoms with Crippen LogP contribution in [0.5, 0.6) is 17.2 Å². The van der Waals surface area contributed by atoms with E-state index in [0.717, 1.165) is 11.8 Å². The Morgan fingerprint density at radius 2 is 1.68 bits per heavy atom. The van der Waals surface area contributed by atoms with E-state index in [4.69, 9.17) is 26.5 Å². The first-order chi connectivity index (χ1) is 16.4. The van der Waals surface area contributed by atoms with E-state index < -0.39 is 0 Å². The molecule has 4 aliphatic carbocycles. The zero-order valence-corrected chi connectivity index (χ0v) is 21.0. The highest BCUT2D eigenvalue weighted by molar-refractivity contribution is 8.14. The van der Waals surface area contributed by atoms with Crippen LogP contribution in [0.1, 0.15) is 37.9 Å². The van der Waals surface area contributed by atoms with Crippen molar-refractivity contribution in [1.29, 1.82) is 0 Å². The van der Waals surface area contributed by atoms with Gasteiger partial charge < -0.3 is 23.9 Å². The van der Waals surface area contributed by atoms with Crippen molar-refractivity contribution in [3.8, 4) is 28.6 Å². The number of carbonyl (C=O) groups excluding carboxylic acids is 1. The number of hydrogen-bond acceptors (Lipinski definition) is 7. The van der Waals surface area contributed by atoms with E-state index in [-0.39, 0.29) is 16.4 Å². The van der Waals surface area contributed by atoms with Crippen molar-refractivity contribution in [1.82, 2.24) is 4.90 Å². The SMILES string of the molecule is COc1cc(-c2ccc(C=C3SC(S)N(C4C5CC6CC(C5)CC4C6)C3=O)o2)cc(OC)c1O. The summed E-state index contributed by atoms with van der Waals surface area (Å²) < 4.78 is 16.4. The van der Waals surface area contributed by atoms with Crippen molar-refractivity contribution in [2.75, 3.05) is 14.2 Å². The Labute approximate surface area is 209 Å². The van der Waals surface area contributed by atoms with E-state index in [1.54, 1.807) is 12.1 Å². The number of methoxy groups -OCH3 is 2. The zero-order chi connectivity index (χ0) is 23.6. The van der Waals surface area contributed by atoms with Crippen LogP contribution in [0.4, 0.5) is 0 Å². The number of aromatic hydroxyl groups is 1. The molecule has 7 rings (SSSR count). The number of amides is 1. The summed E-state index contributed by atoms with van der Waals surface area (Å²) in [5.74, 6) is 4.83. The summed E-state index contributed by atoms with van der Waals surface area (Å²) in [7, 11) is 2.98. The lowest BCUT2D eigenvalue weighted by Crippen LogP contribution is -2.57. The van der Waals surface area contributed by atoms with Crippen molar-refractivity contribution < 1.29 is 23.8 Å². The number of hydrogen-bond donors (Lipinski definition) is 2. The molecule has 1 aliphatic heterocycles. The third-order valence-electron chi connectivity index (χ3n) is 8.08. The molecule has 1 aromatic carbocycles. The van der Waals surface area contributed by atoms with Gasteiger partial charge in [0.15, 0.2) is 11.5 Å². The fourth-order valence-corrected chi connectivity index (χ4v) is 8.49. The zero-order valence-electron chi connectivity index (χ0n) is 19.3. The lowest BCUT2D eigenvalue weighted by atomic mass is 9.54. The molecule has 2 heterocycles. The molecule has 1 amide bonds. The van der Waals surface area contributed by atoms with Gasteiger partial charge in [-0.3, -0.25) is 4.79 Å². The predicted molar refractivity (Wildman–Crippen MR) is 135 cm³/mol. The van der Waals surface area contributed by atoms with E-state index in [2.05, 4.69) is 4.90 Å². The van der Waals surface area contributed by atoms with Crippen molar-refractivity contribution in [3.05, 3.63) is 34.9 Å². The van der Waals surface area contributed by atoms with Gasteiger partial charge in [-0.05, 0) is 80.0 Å². The molecule has 1 saturated heterocycles. The summed E-state index contributed by atoms with van der Waals surface area (Å²) >= 11 is 6.33. The first-order valence-corrected chi connectivity index (χ1v) is 13.3. The van der Waals surface area contributed by atoms with E-state index in [9.17, 15) is 9.90 Å².